The first-order valence-electron chi connectivity index (χ1n) is 6.31. The SMILES string of the molecule is CC(C)c1cc(Br)ccc1OCCNC[C@H](C)O. The van der Waals surface area contributed by atoms with Crippen LogP contribution in [0.4, 0.5) is 0 Å². The molecule has 0 aliphatic heterocycles. The van der Waals surface area contributed by atoms with Gasteiger partial charge in [0.2, 0.25) is 0 Å². The van der Waals surface area contributed by atoms with Gasteiger partial charge < -0.3 is 15.2 Å². The van der Waals surface area contributed by atoms with E-state index in [0.717, 1.165) is 16.8 Å². The van der Waals surface area contributed by atoms with Gasteiger partial charge in [0.05, 0.1) is 6.10 Å². The van der Waals surface area contributed by atoms with Crippen molar-refractivity contribution >= 4 is 15.9 Å². The molecule has 0 spiro atoms. The first kappa shape index (κ1) is 15.5. The van der Waals surface area contributed by atoms with Crippen molar-refractivity contribution in [2.24, 2.45) is 0 Å². The number of benzene rings is 1. The van der Waals surface area contributed by atoms with Crippen molar-refractivity contribution in [3.05, 3.63) is 28.2 Å². The fraction of sp³-hybridized carbons (Fsp3) is 0.571. The fourth-order valence-electron chi connectivity index (χ4n) is 1.65. The molecule has 0 aliphatic rings. The molecule has 0 bridgehead atoms. The Hall–Kier alpha value is -0.580. The van der Waals surface area contributed by atoms with Gasteiger partial charge in [-0.3, -0.25) is 0 Å². The lowest BCUT2D eigenvalue weighted by Crippen LogP contribution is -2.28. The highest BCUT2D eigenvalue weighted by atomic mass is 79.9. The fourth-order valence-corrected chi connectivity index (χ4v) is 2.02. The quantitative estimate of drug-likeness (QED) is 0.760. The monoisotopic (exact) mass is 315 g/mol. The topological polar surface area (TPSA) is 41.5 Å². The zero-order valence-electron chi connectivity index (χ0n) is 11.2. The number of hydrogen-bond donors (Lipinski definition) is 2. The molecule has 0 saturated heterocycles. The summed E-state index contributed by atoms with van der Waals surface area (Å²) in [5.41, 5.74) is 1.21. The van der Waals surface area contributed by atoms with Crippen molar-refractivity contribution in [2.75, 3.05) is 19.7 Å². The van der Waals surface area contributed by atoms with E-state index in [4.69, 9.17) is 9.84 Å². The summed E-state index contributed by atoms with van der Waals surface area (Å²) in [4.78, 5) is 0. The van der Waals surface area contributed by atoms with Crippen molar-refractivity contribution in [3.63, 3.8) is 0 Å². The molecule has 0 fully saturated rings. The van der Waals surface area contributed by atoms with Gasteiger partial charge in [0, 0.05) is 17.6 Å². The molecule has 4 heteroatoms. The Morgan fingerprint density at radius 1 is 1.33 bits per heavy atom. The third-order valence-corrected chi connectivity index (χ3v) is 3.06. The Morgan fingerprint density at radius 2 is 2.06 bits per heavy atom. The van der Waals surface area contributed by atoms with E-state index in [1.54, 1.807) is 6.92 Å². The van der Waals surface area contributed by atoms with Crippen LogP contribution >= 0.6 is 15.9 Å². The van der Waals surface area contributed by atoms with E-state index in [2.05, 4.69) is 41.2 Å². The van der Waals surface area contributed by atoms with Gasteiger partial charge in [-0.2, -0.15) is 0 Å². The number of halogens is 1. The molecular formula is C14H22BrNO2. The second-order valence-electron chi connectivity index (χ2n) is 4.74. The zero-order valence-corrected chi connectivity index (χ0v) is 12.8. The average Bonchev–Trinajstić information content (AvgIpc) is 2.29. The molecule has 1 aromatic rings. The van der Waals surface area contributed by atoms with E-state index in [1.165, 1.54) is 5.56 Å². The predicted octanol–water partition coefficient (Wildman–Crippen LogP) is 2.92. The molecule has 2 N–H and O–H groups in total. The molecule has 0 heterocycles. The summed E-state index contributed by atoms with van der Waals surface area (Å²) in [5.74, 6) is 1.37. The number of ether oxygens (including phenoxy) is 1. The lowest BCUT2D eigenvalue weighted by molar-refractivity contribution is 0.188. The minimum Gasteiger partial charge on any atom is -0.492 e. The van der Waals surface area contributed by atoms with E-state index in [9.17, 15) is 0 Å². The minimum atomic E-state index is -0.316. The summed E-state index contributed by atoms with van der Waals surface area (Å²) in [5, 5.41) is 12.2. The molecule has 0 unspecified atom stereocenters. The summed E-state index contributed by atoms with van der Waals surface area (Å²) in [7, 11) is 0. The van der Waals surface area contributed by atoms with Gasteiger partial charge in [-0.15, -0.1) is 0 Å². The van der Waals surface area contributed by atoms with Crippen LogP contribution in [0.1, 0.15) is 32.3 Å². The van der Waals surface area contributed by atoms with E-state index < -0.39 is 0 Å². The van der Waals surface area contributed by atoms with Crippen LogP contribution in [0, 0.1) is 0 Å². The summed E-state index contributed by atoms with van der Waals surface area (Å²) in [6, 6.07) is 6.09. The van der Waals surface area contributed by atoms with Crippen LogP contribution in [0.15, 0.2) is 22.7 Å². The van der Waals surface area contributed by atoms with E-state index in [1.807, 2.05) is 12.1 Å². The second kappa shape index (κ2) is 7.77. The molecule has 102 valence electrons. The average molecular weight is 316 g/mol. The van der Waals surface area contributed by atoms with Gasteiger partial charge in [0.1, 0.15) is 12.4 Å². The van der Waals surface area contributed by atoms with Crippen LogP contribution in [0.3, 0.4) is 0 Å². The van der Waals surface area contributed by atoms with E-state index in [0.29, 0.717) is 19.1 Å². The molecule has 3 nitrogen and oxygen atoms in total. The predicted molar refractivity (Wildman–Crippen MR) is 78.3 cm³/mol. The van der Waals surface area contributed by atoms with Crippen LogP contribution in [-0.4, -0.2) is 30.9 Å². The maximum absolute atomic E-state index is 9.11. The molecule has 0 aliphatic carbocycles. The molecule has 0 radical (unpaired) electrons. The van der Waals surface area contributed by atoms with Gasteiger partial charge in [0.15, 0.2) is 0 Å². The molecule has 18 heavy (non-hydrogen) atoms. The number of hydrogen-bond acceptors (Lipinski definition) is 3. The second-order valence-corrected chi connectivity index (χ2v) is 5.65. The van der Waals surface area contributed by atoms with Crippen LogP contribution in [-0.2, 0) is 0 Å². The summed E-state index contributed by atoms with van der Waals surface area (Å²) >= 11 is 3.48. The van der Waals surface area contributed by atoms with Crippen molar-refractivity contribution in [3.8, 4) is 5.75 Å². The van der Waals surface area contributed by atoms with Crippen LogP contribution in [0.5, 0.6) is 5.75 Å². The van der Waals surface area contributed by atoms with Crippen molar-refractivity contribution < 1.29 is 9.84 Å². The molecule has 0 amide bonds. The van der Waals surface area contributed by atoms with Crippen molar-refractivity contribution in [1.82, 2.24) is 5.32 Å². The van der Waals surface area contributed by atoms with Crippen molar-refractivity contribution in [2.45, 2.75) is 32.8 Å². The van der Waals surface area contributed by atoms with E-state index >= 15 is 0 Å². The molecule has 0 saturated carbocycles. The largest absolute Gasteiger partial charge is 0.492 e. The Bertz CT molecular complexity index is 367. The standard InChI is InChI=1S/C14H22BrNO2/c1-10(2)13-8-12(15)4-5-14(13)18-7-6-16-9-11(3)17/h4-5,8,10-11,16-17H,6-7,9H2,1-3H3/t11-/m0/s1. The maximum Gasteiger partial charge on any atom is 0.122 e. The minimum absolute atomic E-state index is 0.316. The summed E-state index contributed by atoms with van der Waals surface area (Å²) in [6.07, 6.45) is -0.316. The lowest BCUT2D eigenvalue weighted by atomic mass is 10.0. The Morgan fingerprint density at radius 3 is 2.67 bits per heavy atom. The first-order valence-corrected chi connectivity index (χ1v) is 7.11. The van der Waals surface area contributed by atoms with Crippen LogP contribution in [0.25, 0.3) is 0 Å². The van der Waals surface area contributed by atoms with Gasteiger partial charge in [-0.05, 0) is 36.6 Å². The molecule has 1 atom stereocenters. The van der Waals surface area contributed by atoms with Gasteiger partial charge >= 0.3 is 0 Å². The Labute approximate surface area is 118 Å². The first-order chi connectivity index (χ1) is 8.50. The smallest absolute Gasteiger partial charge is 0.122 e. The third kappa shape index (κ3) is 5.38. The number of rotatable bonds is 7. The highest BCUT2D eigenvalue weighted by molar-refractivity contribution is 9.10. The summed E-state index contributed by atoms with van der Waals surface area (Å²) < 4.78 is 6.85. The molecule has 1 rings (SSSR count). The van der Waals surface area contributed by atoms with Gasteiger partial charge in [-0.25, -0.2) is 0 Å². The number of aliphatic hydroxyl groups excluding tert-OH is 1. The Balaban J connectivity index is 2.46. The zero-order chi connectivity index (χ0) is 13.5. The molecule has 1 aromatic carbocycles. The number of nitrogens with one attached hydrogen (secondary N) is 1. The highest BCUT2D eigenvalue weighted by Crippen LogP contribution is 2.29. The highest BCUT2D eigenvalue weighted by Gasteiger charge is 2.08. The van der Waals surface area contributed by atoms with Gasteiger partial charge in [0.25, 0.3) is 0 Å². The molecule has 0 aromatic heterocycles. The van der Waals surface area contributed by atoms with Gasteiger partial charge in [-0.1, -0.05) is 29.8 Å². The van der Waals surface area contributed by atoms with E-state index in [-0.39, 0.29) is 6.10 Å². The third-order valence-electron chi connectivity index (χ3n) is 2.57. The Kier molecular flexibility index (Phi) is 6.68. The summed E-state index contributed by atoms with van der Waals surface area (Å²) in [6.45, 7) is 8.01. The van der Waals surface area contributed by atoms with Crippen LogP contribution in [0.2, 0.25) is 0 Å². The maximum atomic E-state index is 9.11. The lowest BCUT2D eigenvalue weighted by Gasteiger charge is -2.15. The molecular weight excluding hydrogens is 294 g/mol. The number of aliphatic hydroxyl groups is 1. The van der Waals surface area contributed by atoms with Crippen molar-refractivity contribution in [1.29, 1.82) is 0 Å². The normalized spacial score (nSPS) is 12.8. The van der Waals surface area contributed by atoms with Crippen LogP contribution < -0.4 is 10.1 Å².